The Balaban J connectivity index is 2.49. The molecule has 0 atom stereocenters. The normalized spacial score (nSPS) is 10.2. The molecule has 2 aromatic carbocycles. The number of nitro groups is 1. The summed E-state index contributed by atoms with van der Waals surface area (Å²) < 4.78 is 0. The third-order valence-corrected chi connectivity index (χ3v) is 3.14. The van der Waals surface area contributed by atoms with Gasteiger partial charge in [0.25, 0.3) is 5.69 Å². The number of nitrogens with zero attached hydrogens (tertiary/aromatic N) is 2. The van der Waals surface area contributed by atoms with Gasteiger partial charge in [0.1, 0.15) is 0 Å². The van der Waals surface area contributed by atoms with Gasteiger partial charge in [0, 0.05) is 30.6 Å². The number of nitrogens with two attached hydrogens (primary N) is 1. The Labute approximate surface area is 116 Å². The number of hydrogen-bond acceptors (Lipinski definition) is 5. The Morgan fingerprint density at radius 2 is 1.95 bits per heavy atom. The van der Waals surface area contributed by atoms with Gasteiger partial charge in [-0.15, -0.1) is 0 Å². The van der Waals surface area contributed by atoms with E-state index in [9.17, 15) is 10.1 Å². The van der Waals surface area contributed by atoms with Crippen LogP contribution < -0.4 is 16.2 Å². The summed E-state index contributed by atoms with van der Waals surface area (Å²) in [6.45, 7) is 1.99. The molecule has 6 heteroatoms. The molecule has 3 N–H and O–H groups in total. The Morgan fingerprint density at radius 1 is 1.25 bits per heavy atom. The molecular weight excluding hydrogens is 256 g/mol. The predicted molar refractivity (Wildman–Crippen MR) is 80.1 cm³/mol. The highest BCUT2D eigenvalue weighted by molar-refractivity contribution is 5.71. The van der Waals surface area contributed by atoms with Gasteiger partial charge >= 0.3 is 0 Å². The Morgan fingerprint density at radius 3 is 2.55 bits per heavy atom. The number of hydrazine groups is 1. The van der Waals surface area contributed by atoms with Gasteiger partial charge in [0.2, 0.25) is 0 Å². The molecule has 104 valence electrons. The van der Waals surface area contributed by atoms with Crippen LogP contribution in [-0.2, 0) is 0 Å². The minimum Gasteiger partial charge on any atom is -0.344 e. The average molecular weight is 272 g/mol. The van der Waals surface area contributed by atoms with Crippen molar-refractivity contribution in [2.75, 3.05) is 17.4 Å². The number of anilines is 3. The number of nitro benzene ring substituents is 1. The summed E-state index contributed by atoms with van der Waals surface area (Å²) in [5.74, 6) is 5.37. The van der Waals surface area contributed by atoms with Crippen LogP contribution >= 0.6 is 0 Å². The van der Waals surface area contributed by atoms with E-state index in [-0.39, 0.29) is 5.69 Å². The number of aryl methyl sites for hydroxylation is 1. The molecule has 0 bridgehead atoms. The van der Waals surface area contributed by atoms with Crippen LogP contribution in [0, 0.1) is 17.0 Å². The minimum atomic E-state index is -0.434. The number of nitrogens with one attached hydrogen (secondary N) is 1. The van der Waals surface area contributed by atoms with Gasteiger partial charge in [-0.05, 0) is 24.6 Å². The van der Waals surface area contributed by atoms with Crippen LogP contribution in [0.2, 0.25) is 0 Å². The number of hydrogen-bond donors (Lipinski definition) is 2. The van der Waals surface area contributed by atoms with E-state index in [1.54, 1.807) is 6.07 Å². The van der Waals surface area contributed by atoms with Crippen molar-refractivity contribution in [2.45, 2.75) is 6.92 Å². The van der Waals surface area contributed by atoms with Crippen LogP contribution in [0.3, 0.4) is 0 Å². The first-order chi connectivity index (χ1) is 9.52. The van der Waals surface area contributed by atoms with Gasteiger partial charge in [-0.3, -0.25) is 16.0 Å². The lowest BCUT2D eigenvalue weighted by Gasteiger charge is -2.22. The van der Waals surface area contributed by atoms with Crippen molar-refractivity contribution in [2.24, 2.45) is 5.84 Å². The summed E-state index contributed by atoms with van der Waals surface area (Å²) in [5.41, 5.74) is 5.71. The quantitative estimate of drug-likeness (QED) is 0.508. The monoisotopic (exact) mass is 272 g/mol. The molecule has 0 aliphatic heterocycles. The topological polar surface area (TPSA) is 84.4 Å². The van der Waals surface area contributed by atoms with Crippen molar-refractivity contribution >= 4 is 22.7 Å². The second kappa shape index (κ2) is 5.58. The van der Waals surface area contributed by atoms with Crippen LogP contribution in [0.4, 0.5) is 22.7 Å². The van der Waals surface area contributed by atoms with Crippen molar-refractivity contribution in [1.29, 1.82) is 0 Å². The second-order valence-electron chi connectivity index (χ2n) is 4.49. The molecule has 0 saturated carbocycles. The molecule has 0 radical (unpaired) electrons. The lowest BCUT2D eigenvalue weighted by molar-refractivity contribution is -0.384. The SMILES string of the molecule is Cc1ccccc1N(C)c1cc(NN)cc([N+](=O)[O-])c1. The van der Waals surface area contributed by atoms with E-state index in [0.717, 1.165) is 11.3 Å². The lowest BCUT2D eigenvalue weighted by Crippen LogP contribution is -2.13. The Hall–Kier alpha value is -2.60. The first kappa shape index (κ1) is 13.8. The van der Waals surface area contributed by atoms with Crippen LogP contribution in [-0.4, -0.2) is 12.0 Å². The highest BCUT2D eigenvalue weighted by atomic mass is 16.6. The number of para-hydroxylation sites is 1. The molecule has 0 unspecified atom stereocenters. The Bertz CT molecular complexity index is 643. The standard InChI is InChI=1S/C14H16N4O2/c1-10-5-3-4-6-14(10)17(2)12-7-11(16-15)8-13(9-12)18(19)20/h3-9,16H,15H2,1-2H3. The van der Waals surface area contributed by atoms with Gasteiger partial charge in [-0.1, -0.05) is 18.2 Å². The molecule has 0 aliphatic rings. The lowest BCUT2D eigenvalue weighted by atomic mass is 10.1. The third kappa shape index (κ3) is 2.70. The zero-order valence-electron chi connectivity index (χ0n) is 11.3. The molecule has 2 rings (SSSR count). The fraction of sp³-hybridized carbons (Fsp3) is 0.143. The molecule has 20 heavy (non-hydrogen) atoms. The predicted octanol–water partition coefficient (Wildman–Crippen LogP) is 2.96. The maximum Gasteiger partial charge on any atom is 0.273 e. The summed E-state index contributed by atoms with van der Waals surface area (Å²) in [4.78, 5) is 12.4. The number of nitrogen functional groups attached to an aromatic ring is 1. The maximum absolute atomic E-state index is 11.0. The number of non-ortho nitro benzene ring substituents is 1. The summed E-state index contributed by atoms with van der Waals surface area (Å²) in [6, 6.07) is 12.5. The number of benzene rings is 2. The van der Waals surface area contributed by atoms with Crippen molar-refractivity contribution in [1.82, 2.24) is 0 Å². The van der Waals surface area contributed by atoms with Crippen molar-refractivity contribution in [3.05, 3.63) is 58.1 Å². The summed E-state index contributed by atoms with van der Waals surface area (Å²) in [6.07, 6.45) is 0. The van der Waals surface area contributed by atoms with Gasteiger partial charge in [-0.2, -0.15) is 0 Å². The summed E-state index contributed by atoms with van der Waals surface area (Å²) in [7, 11) is 1.86. The fourth-order valence-corrected chi connectivity index (χ4v) is 2.06. The van der Waals surface area contributed by atoms with Gasteiger partial charge < -0.3 is 10.3 Å². The molecule has 0 amide bonds. The van der Waals surface area contributed by atoms with Gasteiger partial charge in [-0.25, -0.2) is 0 Å². The van der Waals surface area contributed by atoms with Crippen LogP contribution in [0.25, 0.3) is 0 Å². The smallest absolute Gasteiger partial charge is 0.273 e. The highest BCUT2D eigenvalue weighted by Crippen LogP contribution is 2.31. The summed E-state index contributed by atoms with van der Waals surface area (Å²) in [5, 5.41) is 11.0. The molecule has 0 fully saturated rings. The first-order valence-corrected chi connectivity index (χ1v) is 6.08. The molecule has 0 heterocycles. The molecule has 6 nitrogen and oxygen atoms in total. The molecule has 0 spiro atoms. The van der Waals surface area contributed by atoms with Crippen molar-refractivity contribution < 1.29 is 4.92 Å². The zero-order valence-corrected chi connectivity index (χ0v) is 11.3. The van der Waals surface area contributed by atoms with Gasteiger partial charge in [0.05, 0.1) is 10.6 Å². The van der Waals surface area contributed by atoms with E-state index >= 15 is 0 Å². The second-order valence-corrected chi connectivity index (χ2v) is 4.49. The number of rotatable bonds is 4. The fourth-order valence-electron chi connectivity index (χ4n) is 2.06. The third-order valence-electron chi connectivity index (χ3n) is 3.14. The molecular formula is C14H16N4O2. The maximum atomic E-state index is 11.0. The largest absolute Gasteiger partial charge is 0.344 e. The van der Waals surface area contributed by atoms with Crippen LogP contribution in [0.15, 0.2) is 42.5 Å². The van der Waals surface area contributed by atoms with E-state index in [1.807, 2.05) is 43.1 Å². The van der Waals surface area contributed by atoms with E-state index in [4.69, 9.17) is 5.84 Å². The van der Waals surface area contributed by atoms with E-state index < -0.39 is 4.92 Å². The van der Waals surface area contributed by atoms with E-state index in [0.29, 0.717) is 11.4 Å². The van der Waals surface area contributed by atoms with Crippen LogP contribution in [0.5, 0.6) is 0 Å². The highest BCUT2D eigenvalue weighted by Gasteiger charge is 2.13. The molecule has 0 aromatic heterocycles. The van der Waals surface area contributed by atoms with Crippen molar-refractivity contribution in [3.8, 4) is 0 Å². The summed E-state index contributed by atoms with van der Waals surface area (Å²) >= 11 is 0. The minimum absolute atomic E-state index is 0.00381. The zero-order chi connectivity index (χ0) is 14.7. The van der Waals surface area contributed by atoms with E-state index in [1.165, 1.54) is 12.1 Å². The first-order valence-electron chi connectivity index (χ1n) is 6.08. The molecule has 2 aromatic rings. The Kier molecular flexibility index (Phi) is 3.86. The van der Waals surface area contributed by atoms with Gasteiger partial charge in [0.15, 0.2) is 0 Å². The van der Waals surface area contributed by atoms with E-state index in [2.05, 4.69) is 5.43 Å². The molecule has 0 saturated heterocycles. The molecule has 0 aliphatic carbocycles. The van der Waals surface area contributed by atoms with Crippen molar-refractivity contribution in [3.63, 3.8) is 0 Å². The average Bonchev–Trinajstić information content (AvgIpc) is 2.46. The van der Waals surface area contributed by atoms with Crippen LogP contribution in [0.1, 0.15) is 5.56 Å².